The number of hydrogen-bond acceptors (Lipinski definition) is 4. The van der Waals surface area contributed by atoms with Gasteiger partial charge in [-0.15, -0.1) is 0 Å². The number of anilines is 1. The molecule has 5 nitrogen and oxygen atoms in total. The number of allylic oxidation sites excluding steroid dienone is 2. The van der Waals surface area contributed by atoms with Gasteiger partial charge in [-0.25, -0.2) is 9.37 Å². The minimum absolute atomic E-state index is 0.200. The van der Waals surface area contributed by atoms with Gasteiger partial charge in [-0.2, -0.15) is 0 Å². The topological polar surface area (TPSA) is 57.6 Å². The van der Waals surface area contributed by atoms with E-state index < -0.39 is 5.91 Å². The molecular weight excluding hydrogens is 355 g/mol. The van der Waals surface area contributed by atoms with E-state index in [4.69, 9.17) is 11.6 Å². The number of likely N-dealkylation sites (tertiary alicyclic amines) is 1. The SMILES string of the molecule is C=C/C(Cl)=C\N=C(/C)C(=O)Nc1cccc(C(F)=C2CCN(C)CC2)n1. The van der Waals surface area contributed by atoms with Gasteiger partial charge in [-0.3, -0.25) is 9.79 Å². The summed E-state index contributed by atoms with van der Waals surface area (Å²) in [5.41, 5.74) is 1.19. The fourth-order valence-corrected chi connectivity index (χ4v) is 2.44. The summed E-state index contributed by atoms with van der Waals surface area (Å²) in [6.45, 7) is 6.70. The highest BCUT2D eigenvalue weighted by Crippen LogP contribution is 2.27. The third-order valence-electron chi connectivity index (χ3n) is 4.02. The molecule has 0 aliphatic carbocycles. The highest BCUT2D eigenvalue weighted by molar-refractivity contribution is 6.42. The van der Waals surface area contributed by atoms with Gasteiger partial charge in [0.1, 0.15) is 23.1 Å². The Labute approximate surface area is 158 Å². The van der Waals surface area contributed by atoms with Crippen LogP contribution in [-0.4, -0.2) is 41.6 Å². The molecule has 0 radical (unpaired) electrons. The summed E-state index contributed by atoms with van der Waals surface area (Å²) in [4.78, 5) is 22.5. The van der Waals surface area contributed by atoms with Crippen molar-refractivity contribution in [1.82, 2.24) is 9.88 Å². The number of piperidine rings is 1. The zero-order valence-corrected chi connectivity index (χ0v) is 15.7. The predicted molar refractivity (Wildman–Crippen MR) is 105 cm³/mol. The Morgan fingerprint density at radius 2 is 2.12 bits per heavy atom. The number of pyridine rings is 1. The van der Waals surface area contributed by atoms with Crippen molar-refractivity contribution in [2.75, 3.05) is 25.5 Å². The molecule has 1 fully saturated rings. The quantitative estimate of drug-likeness (QED) is 0.620. The van der Waals surface area contributed by atoms with Crippen LogP contribution in [0.15, 0.2) is 52.7 Å². The first-order valence-corrected chi connectivity index (χ1v) is 8.66. The smallest absolute Gasteiger partial charge is 0.270 e. The lowest BCUT2D eigenvalue weighted by atomic mass is 10.0. The zero-order chi connectivity index (χ0) is 19.1. The molecule has 1 saturated heterocycles. The minimum Gasteiger partial charge on any atom is -0.306 e. The van der Waals surface area contributed by atoms with Gasteiger partial charge in [0, 0.05) is 19.3 Å². The lowest BCUT2D eigenvalue weighted by molar-refractivity contribution is -0.110. The van der Waals surface area contributed by atoms with Gasteiger partial charge in [0.2, 0.25) is 0 Å². The number of rotatable bonds is 5. The molecule has 0 saturated carbocycles. The minimum atomic E-state index is -0.438. The molecule has 1 N–H and O–H groups in total. The number of amides is 1. The summed E-state index contributed by atoms with van der Waals surface area (Å²) < 4.78 is 14.7. The first-order valence-electron chi connectivity index (χ1n) is 8.28. The second-order valence-electron chi connectivity index (χ2n) is 6.02. The molecule has 26 heavy (non-hydrogen) atoms. The molecular formula is C19H22ClFN4O. The Kier molecular flexibility index (Phi) is 7.24. The molecule has 1 aliphatic rings. The molecule has 0 unspecified atom stereocenters. The second-order valence-corrected chi connectivity index (χ2v) is 6.45. The number of carbonyl (C=O) groups excluding carboxylic acids is 1. The first kappa shape index (κ1) is 20.0. The van der Waals surface area contributed by atoms with Gasteiger partial charge in [0.15, 0.2) is 0 Å². The van der Waals surface area contributed by atoms with Crippen LogP contribution in [0.1, 0.15) is 25.5 Å². The molecule has 2 heterocycles. The van der Waals surface area contributed by atoms with E-state index in [1.807, 2.05) is 7.05 Å². The summed E-state index contributed by atoms with van der Waals surface area (Å²) in [5, 5.41) is 2.94. The normalized spacial score (nSPS) is 16.4. The highest BCUT2D eigenvalue weighted by Gasteiger charge is 2.17. The molecule has 2 rings (SSSR count). The Balaban J connectivity index is 2.13. The van der Waals surface area contributed by atoms with Crippen LogP contribution in [0.25, 0.3) is 5.83 Å². The lowest BCUT2D eigenvalue weighted by Gasteiger charge is -2.24. The van der Waals surface area contributed by atoms with Crippen LogP contribution in [0.4, 0.5) is 10.2 Å². The Morgan fingerprint density at radius 3 is 2.77 bits per heavy atom. The third-order valence-corrected chi connectivity index (χ3v) is 4.27. The van der Waals surface area contributed by atoms with Crippen LogP contribution in [0, 0.1) is 0 Å². The summed E-state index contributed by atoms with van der Waals surface area (Å²) in [7, 11) is 2.02. The fraction of sp³-hybridized carbons (Fsp3) is 0.316. The molecule has 0 atom stereocenters. The lowest BCUT2D eigenvalue weighted by Crippen LogP contribution is -2.26. The number of hydrogen-bond donors (Lipinski definition) is 1. The predicted octanol–water partition coefficient (Wildman–Crippen LogP) is 4.15. The van der Waals surface area contributed by atoms with E-state index in [1.165, 1.54) is 12.3 Å². The summed E-state index contributed by atoms with van der Waals surface area (Å²) in [6, 6.07) is 4.87. The van der Waals surface area contributed by atoms with Crippen LogP contribution in [-0.2, 0) is 4.79 Å². The van der Waals surface area contributed by atoms with Gasteiger partial charge in [0.25, 0.3) is 5.91 Å². The summed E-state index contributed by atoms with van der Waals surface area (Å²) in [5.74, 6) is -0.475. The number of aromatic nitrogens is 1. The van der Waals surface area contributed by atoms with E-state index in [2.05, 4.69) is 26.8 Å². The maximum Gasteiger partial charge on any atom is 0.270 e. The van der Waals surface area contributed by atoms with Crippen LogP contribution in [0.5, 0.6) is 0 Å². The maximum atomic E-state index is 14.7. The van der Waals surface area contributed by atoms with Crippen molar-refractivity contribution >= 4 is 34.9 Å². The van der Waals surface area contributed by atoms with Gasteiger partial charge >= 0.3 is 0 Å². The highest BCUT2D eigenvalue weighted by atomic mass is 35.5. The van der Waals surface area contributed by atoms with Crippen molar-refractivity contribution in [2.24, 2.45) is 4.99 Å². The van der Waals surface area contributed by atoms with Gasteiger partial charge in [-0.05, 0) is 50.6 Å². The molecule has 0 aromatic carbocycles. The molecule has 1 aromatic heterocycles. The van der Waals surface area contributed by atoms with Crippen molar-refractivity contribution in [3.05, 3.63) is 53.4 Å². The first-order chi connectivity index (χ1) is 12.4. The van der Waals surface area contributed by atoms with Gasteiger partial charge in [0.05, 0.1) is 5.03 Å². The van der Waals surface area contributed by atoms with Crippen molar-refractivity contribution < 1.29 is 9.18 Å². The number of nitrogens with one attached hydrogen (secondary N) is 1. The molecule has 0 spiro atoms. The van der Waals surface area contributed by atoms with Gasteiger partial charge < -0.3 is 10.2 Å². The van der Waals surface area contributed by atoms with E-state index >= 15 is 0 Å². The largest absolute Gasteiger partial charge is 0.306 e. The molecule has 7 heteroatoms. The molecule has 1 aliphatic heterocycles. The Morgan fingerprint density at radius 1 is 1.42 bits per heavy atom. The average molecular weight is 377 g/mol. The molecule has 138 valence electrons. The van der Waals surface area contributed by atoms with Crippen molar-refractivity contribution in [3.8, 4) is 0 Å². The Hall–Kier alpha value is -2.31. The molecule has 1 amide bonds. The maximum absolute atomic E-state index is 14.7. The summed E-state index contributed by atoms with van der Waals surface area (Å²) >= 11 is 5.75. The summed E-state index contributed by atoms with van der Waals surface area (Å²) in [6.07, 6.45) is 4.11. The van der Waals surface area contributed by atoms with Crippen LogP contribution in [0.2, 0.25) is 0 Å². The molecule has 0 bridgehead atoms. The molecule has 1 aromatic rings. The number of carbonyl (C=O) groups is 1. The van der Waals surface area contributed by atoms with E-state index in [-0.39, 0.29) is 23.1 Å². The van der Waals surface area contributed by atoms with E-state index in [9.17, 15) is 9.18 Å². The number of aliphatic imine (C=N–C) groups is 1. The number of nitrogens with zero attached hydrogens (tertiary/aromatic N) is 3. The van der Waals surface area contributed by atoms with E-state index in [0.717, 1.165) is 18.7 Å². The Bertz CT molecular complexity index is 775. The van der Waals surface area contributed by atoms with E-state index in [0.29, 0.717) is 17.9 Å². The zero-order valence-electron chi connectivity index (χ0n) is 14.9. The standard InChI is InChI=1S/C19H22ClFN4O/c1-4-15(20)12-22-13(2)19(26)24-17-7-5-6-16(23-17)18(21)14-8-10-25(3)11-9-14/h4-7,12H,1,8-11H2,2-3H3,(H,23,24,26)/b15-12+,22-13+. The van der Waals surface area contributed by atoms with Crippen LogP contribution < -0.4 is 5.32 Å². The van der Waals surface area contributed by atoms with Crippen molar-refractivity contribution in [3.63, 3.8) is 0 Å². The van der Waals surface area contributed by atoms with Crippen LogP contribution in [0.3, 0.4) is 0 Å². The van der Waals surface area contributed by atoms with Crippen molar-refractivity contribution in [2.45, 2.75) is 19.8 Å². The van der Waals surface area contributed by atoms with Gasteiger partial charge in [-0.1, -0.05) is 24.2 Å². The monoisotopic (exact) mass is 376 g/mol. The van der Waals surface area contributed by atoms with Crippen LogP contribution >= 0.6 is 11.6 Å². The second kappa shape index (κ2) is 9.40. The fourth-order valence-electron chi connectivity index (χ4n) is 2.39. The average Bonchev–Trinajstić information content (AvgIpc) is 2.65. The van der Waals surface area contributed by atoms with E-state index in [1.54, 1.807) is 25.1 Å². The van der Waals surface area contributed by atoms with Crippen molar-refractivity contribution in [1.29, 1.82) is 0 Å². The third kappa shape index (κ3) is 5.61. The number of halogens is 2.